The molecule has 1 aromatic rings. The van der Waals surface area contributed by atoms with Crippen molar-refractivity contribution >= 4 is 5.97 Å². The fourth-order valence-electron chi connectivity index (χ4n) is 1.54. The first-order valence-corrected chi connectivity index (χ1v) is 4.78. The molecule has 18 heavy (non-hydrogen) atoms. The van der Waals surface area contributed by atoms with E-state index in [1.807, 2.05) is 0 Å². The van der Waals surface area contributed by atoms with E-state index in [0.717, 1.165) is 13.2 Å². The number of halogens is 3. The van der Waals surface area contributed by atoms with Crippen LogP contribution in [0.2, 0.25) is 0 Å². The Kier molecular flexibility index (Phi) is 3.93. The number of alkyl halides is 3. The van der Waals surface area contributed by atoms with E-state index < -0.39 is 23.3 Å². The summed E-state index contributed by atoms with van der Waals surface area (Å²) in [6.45, 7) is -0.364. The molecule has 0 aliphatic rings. The number of carbonyl (C=O) groups excluding carboxylic acids is 1. The van der Waals surface area contributed by atoms with Crippen LogP contribution in [0.5, 0.6) is 0 Å². The molecule has 0 aliphatic carbocycles. The highest BCUT2D eigenvalue weighted by Crippen LogP contribution is 2.34. The van der Waals surface area contributed by atoms with Crippen LogP contribution in [0.1, 0.15) is 27.0 Å². The topological polar surface area (TPSA) is 76.1 Å². The SMILES string of the molecule is COC(=O)c1c(C(F)(F)F)ccc(C#N)c1CN. The molecule has 0 saturated carbocycles. The molecular formula is C11H9F3N2O2. The molecule has 0 atom stereocenters. The lowest BCUT2D eigenvalue weighted by molar-refractivity contribution is -0.138. The number of hydrogen-bond acceptors (Lipinski definition) is 4. The second-order valence-corrected chi connectivity index (χ2v) is 3.32. The van der Waals surface area contributed by atoms with Gasteiger partial charge in [0.1, 0.15) is 0 Å². The number of hydrogen-bond donors (Lipinski definition) is 1. The molecule has 7 heteroatoms. The van der Waals surface area contributed by atoms with Crippen molar-refractivity contribution in [3.05, 3.63) is 34.4 Å². The van der Waals surface area contributed by atoms with Crippen molar-refractivity contribution in [2.75, 3.05) is 7.11 Å². The van der Waals surface area contributed by atoms with Crippen molar-refractivity contribution < 1.29 is 22.7 Å². The van der Waals surface area contributed by atoms with E-state index in [2.05, 4.69) is 4.74 Å². The van der Waals surface area contributed by atoms with Gasteiger partial charge in [-0.15, -0.1) is 0 Å². The molecule has 1 rings (SSSR count). The quantitative estimate of drug-likeness (QED) is 0.821. The van der Waals surface area contributed by atoms with Crippen LogP contribution in [0.25, 0.3) is 0 Å². The predicted octanol–water partition coefficient (Wildman–Crippen LogP) is 1.82. The molecule has 0 unspecified atom stereocenters. The van der Waals surface area contributed by atoms with Gasteiger partial charge in [-0.2, -0.15) is 18.4 Å². The number of nitrogens with two attached hydrogens (primary N) is 1. The number of ether oxygens (including phenoxy) is 1. The normalized spacial score (nSPS) is 10.9. The Morgan fingerprint density at radius 2 is 2.11 bits per heavy atom. The molecule has 0 fully saturated rings. The lowest BCUT2D eigenvalue weighted by Gasteiger charge is -2.15. The monoisotopic (exact) mass is 258 g/mol. The number of nitriles is 1. The molecule has 1 aromatic carbocycles. The third kappa shape index (κ3) is 2.43. The molecule has 0 aliphatic heterocycles. The molecule has 2 N–H and O–H groups in total. The van der Waals surface area contributed by atoms with Crippen LogP contribution in [-0.2, 0) is 17.5 Å². The maximum atomic E-state index is 12.8. The van der Waals surface area contributed by atoms with Crippen molar-refractivity contribution in [2.24, 2.45) is 5.73 Å². The summed E-state index contributed by atoms with van der Waals surface area (Å²) in [4.78, 5) is 11.4. The van der Waals surface area contributed by atoms with Gasteiger partial charge >= 0.3 is 12.1 Å². The van der Waals surface area contributed by atoms with Gasteiger partial charge in [0, 0.05) is 6.54 Å². The summed E-state index contributed by atoms with van der Waals surface area (Å²) in [5.41, 5.74) is 3.20. The first-order valence-electron chi connectivity index (χ1n) is 4.78. The summed E-state index contributed by atoms with van der Waals surface area (Å²) in [6, 6.07) is 3.34. The van der Waals surface area contributed by atoms with Crippen molar-refractivity contribution in [1.29, 1.82) is 5.26 Å². The summed E-state index contributed by atoms with van der Waals surface area (Å²) in [5.74, 6) is -1.17. The van der Waals surface area contributed by atoms with Crippen molar-refractivity contribution in [3.63, 3.8) is 0 Å². The van der Waals surface area contributed by atoms with Gasteiger partial charge in [-0.25, -0.2) is 4.79 Å². The maximum absolute atomic E-state index is 12.8. The van der Waals surface area contributed by atoms with Crippen LogP contribution in [0, 0.1) is 11.3 Å². The lowest BCUT2D eigenvalue weighted by atomic mass is 9.96. The Bertz CT molecular complexity index is 518. The van der Waals surface area contributed by atoms with Crippen LogP contribution in [0.4, 0.5) is 13.2 Å². The predicted molar refractivity (Wildman–Crippen MR) is 55.4 cm³/mol. The van der Waals surface area contributed by atoms with E-state index >= 15 is 0 Å². The molecule has 0 bridgehead atoms. The smallest absolute Gasteiger partial charge is 0.417 e. The van der Waals surface area contributed by atoms with Crippen LogP contribution < -0.4 is 5.73 Å². The van der Waals surface area contributed by atoms with Gasteiger partial charge in [0.05, 0.1) is 29.9 Å². The molecule has 0 saturated heterocycles. The van der Waals surface area contributed by atoms with Crippen LogP contribution >= 0.6 is 0 Å². The fraction of sp³-hybridized carbons (Fsp3) is 0.273. The number of esters is 1. The summed E-state index contributed by atoms with van der Waals surface area (Å²) in [5, 5.41) is 8.78. The van der Waals surface area contributed by atoms with E-state index in [1.165, 1.54) is 0 Å². The molecule has 4 nitrogen and oxygen atoms in total. The van der Waals surface area contributed by atoms with Gasteiger partial charge in [-0.3, -0.25) is 0 Å². The van der Waals surface area contributed by atoms with E-state index in [9.17, 15) is 18.0 Å². The molecule has 0 amide bonds. The highest BCUT2D eigenvalue weighted by atomic mass is 19.4. The number of rotatable bonds is 2. The standard InChI is InChI=1S/C11H9F3N2O2/c1-18-10(17)9-7(5-16)6(4-15)2-3-8(9)11(12,13)14/h2-3H,5,16H2,1H3. The largest absolute Gasteiger partial charge is 0.465 e. The number of carbonyl (C=O) groups is 1. The molecule has 0 spiro atoms. The zero-order valence-corrected chi connectivity index (χ0v) is 9.34. The summed E-state index contributed by atoms with van der Waals surface area (Å²) in [6.07, 6.45) is -4.72. The van der Waals surface area contributed by atoms with E-state index in [4.69, 9.17) is 11.0 Å². The third-order valence-electron chi connectivity index (χ3n) is 2.33. The van der Waals surface area contributed by atoms with Gasteiger partial charge in [0.25, 0.3) is 0 Å². The van der Waals surface area contributed by atoms with Crippen LogP contribution in [0.3, 0.4) is 0 Å². The number of nitrogens with zero attached hydrogens (tertiary/aromatic N) is 1. The number of benzene rings is 1. The first-order chi connectivity index (χ1) is 8.36. The Hall–Kier alpha value is -2.07. The average molecular weight is 258 g/mol. The van der Waals surface area contributed by atoms with Gasteiger partial charge in [0.2, 0.25) is 0 Å². The Morgan fingerprint density at radius 1 is 1.50 bits per heavy atom. The highest BCUT2D eigenvalue weighted by molar-refractivity contribution is 5.93. The summed E-state index contributed by atoms with van der Waals surface area (Å²) >= 11 is 0. The second kappa shape index (κ2) is 5.06. The van der Waals surface area contributed by atoms with E-state index in [0.29, 0.717) is 6.07 Å². The Morgan fingerprint density at radius 3 is 2.50 bits per heavy atom. The van der Waals surface area contributed by atoms with E-state index in [-0.39, 0.29) is 17.7 Å². The minimum Gasteiger partial charge on any atom is -0.465 e. The molecule has 0 heterocycles. The molecular weight excluding hydrogens is 249 g/mol. The van der Waals surface area contributed by atoms with Gasteiger partial charge in [-0.1, -0.05) is 0 Å². The van der Waals surface area contributed by atoms with Crippen molar-refractivity contribution in [2.45, 2.75) is 12.7 Å². The molecule has 0 aromatic heterocycles. The van der Waals surface area contributed by atoms with Crippen LogP contribution in [-0.4, -0.2) is 13.1 Å². The fourth-order valence-corrected chi connectivity index (χ4v) is 1.54. The minimum absolute atomic E-state index is 0.0779. The van der Waals surface area contributed by atoms with Gasteiger partial charge in [-0.05, 0) is 17.7 Å². The van der Waals surface area contributed by atoms with Crippen molar-refractivity contribution in [3.8, 4) is 6.07 Å². The highest BCUT2D eigenvalue weighted by Gasteiger charge is 2.37. The average Bonchev–Trinajstić information content (AvgIpc) is 2.34. The van der Waals surface area contributed by atoms with Gasteiger partial charge < -0.3 is 10.5 Å². The third-order valence-corrected chi connectivity index (χ3v) is 2.33. The zero-order valence-electron chi connectivity index (χ0n) is 9.34. The van der Waals surface area contributed by atoms with E-state index in [1.54, 1.807) is 6.07 Å². The molecule has 0 radical (unpaired) electrons. The summed E-state index contributed by atoms with van der Waals surface area (Å²) < 4.78 is 42.6. The first kappa shape index (κ1) is 14.0. The second-order valence-electron chi connectivity index (χ2n) is 3.32. The van der Waals surface area contributed by atoms with Crippen LogP contribution in [0.15, 0.2) is 12.1 Å². The lowest BCUT2D eigenvalue weighted by Crippen LogP contribution is -2.19. The Balaban J connectivity index is 3.66. The summed E-state index contributed by atoms with van der Waals surface area (Å²) in [7, 11) is 0.960. The molecule has 96 valence electrons. The number of methoxy groups -OCH3 is 1. The van der Waals surface area contributed by atoms with Crippen molar-refractivity contribution in [1.82, 2.24) is 0 Å². The minimum atomic E-state index is -4.72. The van der Waals surface area contributed by atoms with Gasteiger partial charge in [0.15, 0.2) is 0 Å². The maximum Gasteiger partial charge on any atom is 0.417 e. The zero-order chi connectivity index (χ0) is 13.9. The Labute approximate surface area is 101 Å².